The maximum absolute atomic E-state index is 13.2. The first-order valence-corrected chi connectivity index (χ1v) is 10.0. The Balaban J connectivity index is 1.48. The van der Waals surface area contributed by atoms with Gasteiger partial charge in [-0.3, -0.25) is 4.79 Å². The molecule has 2 aromatic carbocycles. The molecule has 0 radical (unpaired) electrons. The third kappa shape index (κ3) is 3.85. The van der Waals surface area contributed by atoms with Crippen molar-refractivity contribution in [2.24, 2.45) is 0 Å². The summed E-state index contributed by atoms with van der Waals surface area (Å²) in [6.45, 7) is 4.37. The van der Waals surface area contributed by atoms with Crippen molar-refractivity contribution in [1.82, 2.24) is 14.7 Å². The summed E-state index contributed by atoms with van der Waals surface area (Å²) in [5.41, 5.74) is 2.64. The minimum atomic E-state index is -0.343. The molecule has 1 aromatic heterocycles. The van der Waals surface area contributed by atoms with Crippen molar-refractivity contribution in [3.8, 4) is 11.4 Å². The van der Waals surface area contributed by atoms with Crippen LogP contribution >= 0.6 is 11.6 Å². The van der Waals surface area contributed by atoms with Crippen molar-refractivity contribution in [2.75, 3.05) is 38.2 Å². The molecule has 0 unspecified atom stereocenters. The number of benzene rings is 2. The first-order chi connectivity index (χ1) is 14.5. The van der Waals surface area contributed by atoms with Crippen LogP contribution in [0.25, 0.3) is 5.69 Å². The molecule has 1 saturated heterocycles. The molecule has 2 heterocycles. The van der Waals surface area contributed by atoms with Gasteiger partial charge in [-0.05, 0) is 55.5 Å². The van der Waals surface area contributed by atoms with E-state index in [1.54, 1.807) is 31.1 Å². The number of halogens is 2. The quantitative estimate of drug-likeness (QED) is 0.631. The molecule has 0 atom stereocenters. The molecule has 0 bridgehead atoms. The minimum Gasteiger partial charge on any atom is -0.497 e. The van der Waals surface area contributed by atoms with Gasteiger partial charge in [-0.2, -0.15) is 5.10 Å². The van der Waals surface area contributed by atoms with E-state index < -0.39 is 0 Å². The van der Waals surface area contributed by atoms with E-state index in [9.17, 15) is 9.18 Å². The van der Waals surface area contributed by atoms with Crippen LogP contribution in [-0.2, 0) is 0 Å². The number of carbonyl (C=O) groups is 1. The van der Waals surface area contributed by atoms with Gasteiger partial charge in [0.05, 0.1) is 24.1 Å². The number of aromatic nitrogens is 2. The van der Waals surface area contributed by atoms with E-state index in [0.717, 1.165) is 24.5 Å². The average molecular weight is 429 g/mol. The number of carbonyl (C=O) groups excluding carboxylic acids is 1. The summed E-state index contributed by atoms with van der Waals surface area (Å²) in [7, 11) is 1.64. The van der Waals surface area contributed by atoms with Crippen LogP contribution in [0.4, 0.5) is 10.1 Å². The SMILES string of the molecule is COc1ccc(N2CCN(C(=O)c3c(C)nn(-c4ccc(F)cc4)c3Cl)CC2)cc1. The Morgan fingerprint density at radius 2 is 1.60 bits per heavy atom. The lowest BCUT2D eigenvalue weighted by Gasteiger charge is -2.36. The van der Waals surface area contributed by atoms with Gasteiger partial charge in [-0.25, -0.2) is 9.07 Å². The van der Waals surface area contributed by atoms with Crippen LogP contribution in [0.15, 0.2) is 48.5 Å². The number of anilines is 1. The van der Waals surface area contributed by atoms with Gasteiger partial charge in [0.2, 0.25) is 0 Å². The van der Waals surface area contributed by atoms with Gasteiger partial charge in [0.1, 0.15) is 16.7 Å². The lowest BCUT2D eigenvalue weighted by Crippen LogP contribution is -2.48. The zero-order chi connectivity index (χ0) is 21.3. The molecule has 4 rings (SSSR count). The fourth-order valence-corrected chi connectivity index (χ4v) is 3.97. The maximum Gasteiger partial charge on any atom is 0.259 e. The molecule has 0 spiro atoms. The van der Waals surface area contributed by atoms with Crippen LogP contribution in [0.5, 0.6) is 5.75 Å². The molecule has 156 valence electrons. The highest BCUT2D eigenvalue weighted by Crippen LogP contribution is 2.26. The van der Waals surface area contributed by atoms with Crippen molar-refractivity contribution in [3.63, 3.8) is 0 Å². The highest BCUT2D eigenvalue weighted by Gasteiger charge is 2.28. The Morgan fingerprint density at radius 3 is 2.20 bits per heavy atom. The van der Waals surface area contributed by atoms with Crippen LogP contribution in [0.3, 0.4) is 0 Å². The van der Waals surface area contributed by atoms with Crippen LogP contribution in [0.2, 0.25) is 5.15 Å². The number of methoxy groups -OCH3 is 1. The summed E-state index contributed by atoms with van der Waals surface area (Å²) < 4.78 is 19.9. The number of amides is 1. The van der Waals surface area contributed by atoms with Gasteiger partial charge in [-0.1, -0.05) is 11.6 Å². The van der Waals surface area contributed by atoms with E-state index >= 15 is 0 Å². The summed E-state index contributed by atoms with van der Waals surface area (Å²) in [6.07, 6.45) is 0. The van der Waals surface area contributed by atoms with E-state index in [1.807, 2.05) is 24.3 Å². The molecular formula is C22H22ClFN4O2. The van der Waals surface area contributed by atoms with Crippen molar-refractivity contribution in [3.05, 3.63) is 70.8 Å². The van der Waals surface area contributed by atoms with Gasteiger partial charge in [0.25, 0.3) is 5.91 Å². The van der Waals surface area contributed by atoms with E-state index in [-0.39, 0.29) is 16.9 Å². The summed E-state index contributed by atoms with van der Waals surface area (Å²) in [5, 5.41) is 4.64. The summed E-state index contributed by atoms with van der Waals surface area (Å²) in [6, 6.07) is 13.7. The topological polar surface area (TPSA) is 50.6 Å². The first kappa shape index (κ1) is 20.2. The normalized spacial score (nSPS) is 14.1. The molecule has 6 nitrogen and oxygen atoms in total. The molecule has 1 aliphatic rings. The Kier molecular flexibility index (Phi) is 5.63. The number of ether oxygens (including phenoxy) is 1. The number of hydrogen-bond acceptors (Lipinski definition) is 4. The average Bonchev–Trinajstić information content (AvgIpc) is 3.08. The number of rotatable bonds is 4. The highest BCUT2D eigenvalue weighted by molar-refractivity contribution is 6.33. The molecule has 1 aliphatic heterocycles. The van der Waals surface area contributed by atoms with E-state index in [0.29, 0.717) is 30.0 Å². The summed E-state index contributed by atoms with van der Waals surface area (Å²) in [4.78, 5) is 17.2. The van der Waals surface area contributed by atoms with Crippen molar-refractivity contribution >= 4 is 23.2 Å². The van der Waals surface area contributed by atoms with Crippen LogP contribution < -0.4 is 9.64 Å². The summed E-state index contributed by atoms with van der Waals surface area (Å²) in [5.74, 6) is 0.334. The second-order valence-corrected chi connectivity index (χ2v) is 7.47. The molecular weight excluding hydrogens is 407 g/mol. The Morgan fingerprint density at radius 1 is 1.00 bits per heavy atom. The smallest absolute Gasteiger partial charge is 0.259 e. The zero-order valence-corrected chi connectivity index (χ0v) is 17.6. The van der Waals surface area contributed by atoms with Crippen molar-refractivity contribution in [1.29, 1.82) is 0 Å². The molecule has 30 heavy (non-hydrogen) atoms. The largest absolute Gasteiger partial charge is 0.497 e. The monoisotopic (exact) mass is 428 g/mol. The van der Waals surface area contributed by atoms with E-state index in [4.69, 9.17) is 16.3 Å². The van der Waals surface area contributed by atoms with E-state index in [2.05, 4.69) is 10.00 Å². The van der Waals surface area contributed by atoms with Gasteiger partial charge in [-0.15, -0.1) is 0 Å². The molecule has 1 amide bonds. The van der Waals surface area contributed by atoms with E-state index in [1.165, 1.54) is 16.8 Å². The number of piperazine rings is 1. The predicted molar refractivity (Wildman–Crippen MR) is 114 cm³/mol. The lowest BCUT2D eigenvalue weighted by atomic mass is 10.2. The predicted octanol–water partition coefficient (Wildman–Crippen LogP) is 3.94. The van der Waals surface area contributed by atoms with Gasteiger partial charge in [0, 0.05) is 31.9 Å². The Hall–Kier alpha value is -3.06. The van der Waals surface area contributed by atoms with Gasteiger partial charge in [0.15, 0.2) is 0 Å². The fourth-order valence-electron chi connectivity index (χ4n) is 3.61. The zero-order valence-electron chi connectivity index (χ0n) is 16.8. The van der Waals surface area contributed by atoms with Gasteiger partial charge < -0.3 is 14.5 Å². The lowest BCUT2D eigenvalue weighted by molar-refractivity contribution is 0.0746. The third-order valence-electron chi connectivity index (χ3n) is 5.29. The van der Waals surface area contributed by atoms with Crippen LogP contribution in [0, 0.1) is 12.7 Å². The van der Waals surface area contributed by atoms with Crippen LogP contribution in [0.1, 0.15) is 16.1 Å². The number of aryl methyl sites for hydroxylation is 1. The van der Waals surface area contributed by atoms with Crippen LogP contribution in [-0.4, -0.2) is 53.9 Å². The Labute approximate surface area is 179 Å². The fraction of sp³-hybridized carbons (Fsp3) is 0.273. The maximum atomic E-state index is 13.2. The van der Waals surface area contributed by atoms with Gasteiger partial charge >= 0.3 is 0 Å². The Bertz CT molecular complexity index is 1040. The van der Waals surface area contributed by atoms with Crippen molar-refractivity contribution in [2.45, 2.75) is 6.92 Å². The molecule has 1 fully saturated rings. The summed E-state index contributed by atoms with van der Waals surface area (Å²) >= 11 is 6.51. The number of hydrogen-bond donors (Lipinski definition) is 0. The molecule has 0 aliphatic carbocycles. The molecule has 8 heteroatoms. The standard InChI is InChI=1S/C22H22ClFN4O2/c1-15-20(21(23)28(25-15)18-5-3-16(24)4-6-18)22(29)27-13-11-26(12-14-27)17-7-9-19(30-2)10-8-17/h3-10H,11-14H2,1-2H3. The number of nitrogens with zero attached hydrogens (tertiary/aromatic N) is 4. The first-order valence-electron chi connectivity index (χ1n) is 9.67. The third-order valence-corrected chi connectivity index (χ3v) is 5.64. The highest BCUT2D eigenvalue weighted by atomic mass is 35.5. The molecule has 0 N–H and O–H groups in total. The second-order valence-electron chi connectivity index (χ2n) is 7.12. The second kappa shape index (κ2) is 8.36. The minimum absolute atomic E-state index is 0.139. The molecule has 0 saturated carbocycles. The van der Waals surface area contributed by atoms with Crippen molar-refractivity contribution < 1.29 is 13.9 Å². The molecule has 3 aromatic rings.